The van der Waals surface area contributed by atoms with Crippen LogP contribution < -0.4 is 5.32 Å². The van der Waals surface area contributed by atoms with Crippen molar-refractivity contribution in [2.75, 3.05) is 6.54 Å². The first-order chi connectivity index (χ1) is 8.68. The Morgan fingerprint density at radius 2 is 1.83 bits per heavy atom. The van der Waals surface area contributed by atoms with E-state index >= 15 is 0 Å². The molecule has 1 saturated carbocycles. The molecule has 1 aromatic carbocycles. The van der Waals surface area contributed by atoms with Gasteiger partial charge >= 0.3 is 5.97 Å². The van der Waals surface area contributed by atoms with Crippen LogP contribution in [0.4, 0.5) is 0 Å². The van der Waals surface area contributed by atoms with Crippen molar-refractivity contribution < 1.29 is 14.7 Å². The summed E-state index contributed by atoms with van der Waals surface area (Å²) >= 11 is 0. The normalized spacial score (nSPS) is 22.0. The molecule has 0 heterocycles. The molecule has 18 heavy (non-hydrogen) atoms. The molecular formula is C14H17NO3. The third-order valence-corrected chi connectivity index (χ3v) is 3.48. The fourth-order valence-electron chi connectivity index (χ4n) is 2.22. The second-order valence-corrected chi connectivity index (χ2v) is 4.66. The van der Waals surface area contributed by atoms with Crippen LogP contribution in [0.2, 0.25) is 0 Å². The summed E-state index contributed by atoms with van der Waals surface area (Å²) in [6, 6.07) is 9.89. The van der Waals surface area contributed by atoms with Crippen molar-refractivity contribution in [3.63, 3.8) is 0 Å². The largest absolute Gasteiger partial charge is 0.481 e. The topological polar surface area (TPSA) is 66.4 Å². The fourth-order valence-corrected chi connectivity index (χ4v) is 2.22. The van der Waals surface area contributed by atoms with Crippen LogP contribution in [0.3, 0.4) is 0 Å². The lowest BCUT2D eigenvalue weighted by Gasteiger charge is -2.31. The van der Waals surface area contributed by atoms with Crippen molar-refractivity contribution in [3.05, 3.63) is 35.9 Å². The Balaban J connectivity index is 1.74. The Labute approximate surface area is 106 Å². The van der Waals surface area contributed by atoms with Gasteiger partial charge in [0.1, 0.15) is 0 Å². The van der Waals surface area contributed by atoms with Gasteiger partial charge in [0.2, 0.25) is 5.91 Å². The summed E-state index contributed by atoms with van der Waals surface area (Å²) in [6.45, 7) is 0.561. The summed E-state index contributed by atoms with van der Waals surface area (Å²) in [7, 11) is 0. The van der Waals surface area contributed by atoms with Crippen LogP contribution in [0.25, 0.3) is 0 Å². The van der Waals surface area contributed by atoms with Crippen molar-refractivity contribution in [3.8, 4) is 0 Å². The van der Waals surface area contributed by atoms with Crippen LogP contribution in [-0.4, -0.2) is 23.5 Å². The van der Waals surface area contributed by atoms with Crippen LogP contribution in [0, 0.1) is 11.8 Å². The summed E-state index contributed by atoms with van der Waals surface area (Å²) in [5.41, 5.74) is 1.17. The smallest absolute Gasteiger partial charge is 0.307 e. The SMILES string of the molecule is O=C(O)[C@H]1CC[C@H]1C(=O)NCCc1ccccc1. The molecular weight excluding hydrogens is 230 g/mol. The van der Waals surface area contributed by atoms with Crippen molar-refractivity contribution in [2.45, 2.75) is 19.3 Å². The zero-order chi connectivity index (χ0) is 13.0. The first kappa shape index (κ1) is 12.6. The van der Waals surface area contributed by atoms with Crippen LogP contribution >= 0.6 is 0 Å². The molecule has 0 aromatic heterocycles. The third kappa shape index (κ3) is 2.88. The van der Waals surface area contributed by atoms with Crippen molar-refractivity contribution in [2.24, 2.45) is 11.8 Å². The molecule has 0 saturated heterocycles. The summed E-state index contributed by atoms with van der Waals surface area (Å²) in [6.07, 6.45) is 2.08. The van der Waals surface area contributed by atoms with E-state index < -0.39 is 11.9 Å². The highest BCUT2D eigenvalue weighted by atomic mass is 16.4. The van der Waals surface area contributed by atoms with E-state index in [2.05, 4.69) is 5.32 Å². The Hall–Kier alpha value is -1.84. The lowest BCUT2D eigenvalue weighted by molar-refractivity contribution is -0.152. The van der Waals surface area contributed by atoms with E-state index in [-0.39, 0.29) is 11.8 Å². The molecule has 4 nitrogen and oxygen atoms in total. The molecule has 0 unspecified atom stereocenters. The monoisotopic (exact) mass is 247 g/mol. The van der Waals surface area contributed by atoms with Crippen molar-refractivity contribution in [1.82, 2.24) is 5.32 Å². The second kappa shape index (κ2) is 5.67. The molecule has 1 fully saturated rings. The van der Waals surface area contributed by atoms with Gasteiger partial charge in [-0.1, -0.05) is 30.3 Å². The molecule has 2 rings (SSSR count). The molecule has 0 bridgehead atoms. The predicted molar refractivity (Wildman–Crippen MR) is 67.0 cm³/mol. The van der Waals surface area contributed by atoms with E-state index in [9.17, 15) is 9.59 Å². The van der Waals surface area contributed by atoms with E-state index in [1.165, 1.54) is 5.56 Å². The number of rotatable bonds is 5. The van der Waals surface area contributed by atoms with Gasteiger partial charge in [-0.15, -0.1) is 0 Å². The van der Waals surface area contributed by atoms with E-state index in [1.54, 1.807) is 0 Å². The molecule has 2 N–H and O–H groups in total. The number of carboxylic acids is 1. The minimum atomic E-state index is -0.857. The maximum Gasteiger partial charge on any atom is 0.307 e. The lowest BCUT2D eigenvalue weighted by Crippen LogP contribution is -2.44. The summed E-state index contributed by atoms with van der Waals surface area (Å²) in [5.74, 6) is -1.80. The Bertz CT molecular complexity index is 430. The highest BCUT2D eigenvalue weighted by Crippen LogP contribution is 2.34. The fraction of sp³-hybridized carbons (Fsp3) is 0.429. The van der Waals surface area contributed by atoms with Crippen molar-refractivity contribution >= 4 is 11.9 Å². The molecule has 1 aliphatic carbocycles. The van der Waals surface area contributed by atoms with E-state index in [0.29, 0.717) is 19.4 Å². The highest BCUT2D eigenvalue weighted by Gasteiger charge is 2.41. The number of nitrogens with one attached hydrogen (secondary N) is 1. The van der Waals surface area contributed by atoms with Gasteiger partial charge in [0.25, 0.3) is 0 Å². The number of carbonyl (C=O) groups is 2. The number of amides is 1. The summed E-state index contributed by atoms with van der Waals surface area (Å²) < 4.78 is 0. The highest BCUT2D eigenvalue weighted by molar-refractivity contribution is 5.86. The maximum atomic E-state index is 11.8. The number of benzene rings is 1. The van der Waals surface area contributed by atoms with Crippen LogP contribution in [0.5, 0.6) is 0 Å². The average Bonchev–Trinajstić information content (AvgIpc) is 2.28. The maximum absolute atomic E-state index is 11.8. The molecule has 1 aliphatic rings. The average molecular weight is 247 g/mol. The van der Waals surface area contributed by atoms with Crippen LogP contribution in [-0.2, 0) is 16.0 Å². The van der Waals surface area contributed by atoms with E-state index in [1.807, 2.05) is 30.3 Å². The standard InChI is InChI=1S/C14H17NO3/c16-13(11-6-7-12(11)14(17)18)15-9-8-10-4-2-1-3-5-10/h1-5,11-12H,6-9H2,(H,15,16)(H,17,18)/t11-,12+/m1/s1. The lowest BCUT2D eigenvalue weighted by atomic mass is 9.73. The van der Waals surface area contributed by atoms with Gasteiger partial charge in [-0.05, 0) is 24.8 Å². The molecule has 0 spiro atoms. The molecule has 1 amide bonds. The van der Waals surface area contributed by atoms with E-state index in [4.69, 9.17) is 5.11 Å². The Morgan fingerprint density at radius 3 is 2.39 bits per heavy atom. The number of hydrogen-bond donors (Lipinski definition) is 2. The minimum absolute atomic E-state index is 0.121. The molecule has 2 atom stereocenters. The van der Waals surface area contributed by atoms with Gasteiger partial charge in [0.05, 0.1) is 11.8 Å². The van der Waals surface area contributed by atoms with Crippen molar-refractivity contribution in [1.29, 1.82) is 0 Å². The number of carboxylic acid groups (broad SMARTS) is 1. The number of carbonyl (C=O) groups excluding carboxylic acids is 1. The summed E-state index contributed by atoms with van der Waals surface area (Å²) in [5, 5.41) is 11.7. The molecule has 0 aliphatic heterocycles. The first-order valence-corrected chi connectivity index (χ1v) is 6.23. The zero-order valence-corrected chi connectivity index (χ0v) is 10.1. The van der Waals surface area contributed by atoms with Gasteiger partial charge in [0, 0.05) is 6.54 Å². The molecule has 0 radical (unpaired) electrons. The molecule has 1 aromatic rings. The van der Waals surface area contributed by atoms with Gasteiger partial charge < -0.3 is 10.4 Å². The van der Waals surface area contributed by atoms with Crippen LogP contribution in [0.15, 0.2) is 30.3 Å². The number of aliphatic carboxylic acids is 1. The van der Waals surface area contributed by atoms with Gasteiger partial charge in [-0.2, -0.15) is 0 Å². The molecule has 96 valence electrons. The van der Waals surface area contributed by atoms with E-state index in [0.717, 1.165) is 6.42 Å². The Morgan fingerprint density at radius 1 is 1.17 bits per heavy atom. The minimum Gasteiger partial charge on any atom is -0.481 e. The third-order valence-electron chi connectivity index (χ3n) is 3.48. The zero-order valence-electron chi connectivity index (χ0n) is 10.1. The first-order valence-electron chi connectivity index (χ1n) is 6.23. The Kier molecular flexibility index (Phi) is 3.97. The second-order valence-electron chi connectivity index (χ2n) is 4.66. The quantitative estimate of drug-likeness (QED) is 0.827. The number of hydrogen-bond acceptors (Lipinski definition) is 2. The predicted octanol–water partition coefficient (Wildman–Crippen LogP) is 1.46. The van der Waals surface area contributed by atoms with Gasteiger partial charge in [0.15, 0.2) is 0 Å². The van der Waals surface area contributed by atoms with Gasteiger partial charge in [-0.3, -0.25) is 9.59 Å². The van der Waals surface area contributed by atoms with Gasteiger partial charge in [-0.25, -0.2) is 0 Å². The summed E-state index contributed by atoms with van der Waals surface area (Å²) in [4.78, 5) is 22.6. The van der Waals surface area contributed by atoms with Crippen LogP contribution in [0.1, 0.15) is 18.4 Å². The molecule has 4 heteroatoms.